The third-order valence-corrected chi connectivity index (χ3v) is 3.69. The molecule has 2 rings (SSSR count). The van der Waals surface area contributed by atoms with Gasteiger partial charge in [0.1, 0.15) is 6.61 Å². The Morgan fingerprint density at radius 1 is 1.41 bits per heavy atom. The van der Waals surface area contributed by atoms with Crippen LogP contribution in [0.1, 0.15) is 19.8 Å². The zero-order valence-electron chi connectivity index (χ0n) is 10.4. The molecule has 0 radical (unpaired) electrons. The molecule has 0 amide bonds. The van der Waals surface area contributed by atoms with Gasteiger partial charge >= 0.3 is 0 Å². The smallest absolute Gasteiger partial charge is 0.261 e. The van der Waals surface area contributed by atoms with E-state index in [0.29, 0.717) is 18.7 Å². The molecule has 0 aromatic carbocycles. The number of hydrogen-bond acceptors (Lipinski definition) is 3. The molecule has 0 spiro atoms. The number of piperazine rings is 1. The highest BCUT2D eigenvalue weighted by molar-refractivity contribution is 4.93. The van der Waals surface area contributed by atoms with Crippen molar-refractivity contribution in [2.45, 2.75) is 38.3 Å². The predicted octanol–water partition coefficient (Wildman–Crippen LogP) is 1.34. The first-order valence-electron chi connectivity index (χ1n) is 6.50. The van der Waals surface area contributed by atoms with Crippen molar-refractivity contribution in [3.05, 3.63) is 0 Å². The minimum Gasteiger partial charge on any atom is -0.374 e. The van der Waals surface area contributed by atoms with Gasteiger partial charge in [-0.3, -0.25) is 4.90 Å². The Bertz CT molecular complexity index is 237. The summed E-state index contributed by atoms with van der Waals surface area (Å²) in [7, 11) is 0. The molecule has 5 heteroatoms. The monoisotopic (exact) mass is 248 g/mol. The molecule has 1 heterocycles. The molecule has 17 heavy (non-hydrogen) atoms. The largest absolute Gasteiger partial charge is 0.374 e. The highest BCUT2D eigenvalue weighted by Crippen LogP contribution is 2.34. The summed E-state index contributed by atoms with van der Waals surface area (Å²) in [4.78, 5) is 2.35. The molecule has 1 saturated carbocycles. The Kier molecular flexibility index (Phi) is 4.70. The molecule has 2 fully saturated rings. The Morgan fingerprint density at radius 3 is 2.82 bits per heavy atom. The molecule has 1 N–H and O–H groups in total. The normalized spacial score (nSPS) is 31.1. The van der Waals surface area contributed by atoms with E-state index < -0.39 is 13.0 Å². The molecule has 3 nitrogen and oxygen atoms in total. The van der Waals surface area contributed by atoms with Crippen molar-refractivity contribution in [3.63, 3.8) is 0 Å². The molecule has 0 aromatic heterocycles. The van der Waals surface area contributed by atoms with Crippen molar-refractivity contribution >= 4 is 0 Å². The molecular weight excluding hydrogens is 226 g/mol. The van der Waals surface area contributed by atoms with E-state index in [9.17, 15) is 8.78 Å². The van der Waals surface area contributed by atoms with Crippen LogP contribution in [0.4, 0.5) is 8.78 Å². The average molecular weight is 248 g/mol. The standard InChI is InChI=1S/C12H22F2N2O/c1-9-6-15-11(10-2-3-10)7-16(9)4-5-17-8-12(13)14/h9-12,15H,2-8H2,1H3. The summed E-state index contributed by atoms with van der Waals surface area (Å²) < 4.78 is 28.8. The topological polar surface area (TPSA) is 24.5 Å². The van der Waals surface area contributed by atoms with Gasteiger partial charge in [-0.2, -0.15) is 0 Å². The predicted molar refractivity (Wildman–Crippen MR) is 62.4 cm³/mol. The summed E-state index contributed by atoms with van der Waals surface area (Å²) in [6, 6.07) is 1.07. The fourth-order valence-electron chi connectivity index (χ4n) is 2.43. The van der Waals surface area contributed by atoms with Crippen molar-refractivity contribution in [1.29, 1.82) is 0 Å². The summed E-state index contributed by atoms with van der Waals surface area (Å²) >= 11 is 0. The first kappa shape index (κ1) is 13.2. The maximum absolute atomic E-state index is 11.9. The maximum Gasteiger partial charge on any atom is 0.261 e. The molecule has 0 bridgehead atoms. The summed E-state index contributed by atoms with van der Waals surface area (Å²) in [6.07, 6.45) is 0.318. The third-order valence-electron chi connectivity index (χ3n) is 3.69. The van der Waals surface area contributed by atoms with E-state index in [1.807, 2.05) is 0 Å². The first-order valence-corrected chi connectivity index (χ1v) is 6.50. The summed E-state index contributed by atoms with van der Waals surface area (Å²) in [5.41, 5.74) is 0. The molecule has 2 atom stereocenters. The summed E-state index contributed by atoms with van der Waals surface area (Å²) in [5, 5.41) is 3.57. The minimum atomic E-state index is -2.35. The van der Waals surface area contributed by atoms with Crippen molar-refractivity contribution in [1.82, 2.24) is 10.2 Å². The zero-order chi connectivity index (χ0) is 12.3. The molecule has 100 valence electrons. The lowest BCUT2D eigenvalue weighted by Crippen LogP contribution is -2.56. The quantitative estimate of drug-likeness (QED) is 0.718. The number of nitrogens with one attached hydrogen (secondary N) is 1. The fourth-order valence-corrected chi connectivity index (χ4v) is 2.43. The van der Waals surface area contributed by atoms with Gasteiger partial charge in [0.15, 0.2) is 0 Å². The van der Waals surface area contributed by atoms with Gasteiger partial charge in [-0.25, -0.2) is 8.78 Å². The third kappa shape index (κ3) is 4.16. The lowest BCUT2D eigenvalue weighted by atomic mass is 10.1. The number of ether oxygens (including phenoxy) is 1. The van der Waals surface area contributed by atoms with E-state index in [0.717, 1.165) is 25.6 Å². The molecule has 2 unspecified atom stereocenters. The van der Waals surface area contributed by atoms with Crippen LogP contribution in [0.2, 0.25) is 0 Å². The SMILES string of the molecule is CC1CNC(C2CC2)CN1CCOCC(F)F. The highest BCUT2D eigenvalue weighted by atomic mass is 19.3. The Hall–Kier alpha value is -0.260. The molecule has 1 aliphatic carbocycles. The van der Waals surface area contributed by atoms with Crippen molar-refractivity contribution in [2.24, 2.45) is 5.92 Å². The van der Waals surface area contributed by atoms with Gasteiger partial charge in [0.2, 0.25) is 0 Å². The van der Waals surface area contributed by atoms with Crippen LogP contribution in [-0.2, 0) is 4.74 Å². The Labute approximate surface area is 101 Å². The van der Waals surface area contributed by atoms with E-state index in [1.54, 1.807) is 0 Å². The van der Waals surface area contributed by atoms with Crippen LogP contribution >= 0.6 is 0 Å². The van der Waals surface area contributed by atoms with E-state index in [1.165, 1.54) is 12.8 Å². The van der Waals surface area contributed by atoms with E-state index in [-0.39, 0.29) is 0 Å². The van der Waals surface area contributed by atoms with E-state index >= 15 is 0 Å². The fraction of sp³-hybridized carbons (Fsp3) is 1.00. The van der Waals surface area contributed by atoms with Gasteiger partial charge < -0.3 is 10.1 Å². The molecule has 1 aliphatic heterocycles. The second kappa shape index (κ2) is 6.07. The van der Waals surface area contributed by atoms with Crippen molar-refractivity contribution in [2.75, 3.05) is 32.8 Å². The Morgan fingerprint density at radius 2 is 2.18 bits per heavy atom. The minimum absolute atomic E-state index is 0.409. The second-order valence-corrected chi connectivity index (χ2v) is 5.16. The van der Waals surface area contributed by atoms with Gasteiger partial charge in [-0.05, 0) is 25.7 Å². The lowest BCUT2D eigenvalue weighted by molar-refractivity contribution is 0.00204. The highest BCUT2D eigenvalue weighted by Gasteiger charge is 2.35. The maximum atomic E-state index is 11.9. The molecule has 1 saturated heterocycles. The van der Waals surface area contributed by atoms with Gasteiger partial charge in [-0.1, -0.05) is 0 Å². The molecule has 0 aromatic rings. The number of alkyl halides is 2. The van der Waals surface area contributed by atoms with Gasteiger partial charge in [0.25, 0.3) is 6.43 Å². The van der Waals surface area contributed by atoms with Crippen LogP contribution in [0.5, 0.6) is 0 Å². The first-order chi connectivity index (χ1) is 8.16. The van der Waals surface area contributed by atoms with Crippen LogP contribution < -0.4 is 5.32 Å². The lowest BCUT2D eigenvalue weighted by Gasteiger charge is -2.39. The number of nitrogens with zero attached hydrogens (tertiary/aromatic N) is 1. The number of rotatable bonds is 6. The van der Waals surface area contributed by atoms with Gasteiger partial charge in [0.05, 0.1) is 6.61 Å². The number of hydrogen-bond donors (Lipinski definition) is 1. The van der Waals surface area contributed by atoms with Crippen LogP contribution in [0.25, 0.3) is 0 Å². The van der Waals surface area contributed by atoms with Gasteiger partial charge in [0, 0.05) is 31.7 Å². The number of halogens is 2. The summed E-state index contributed by atoms with van der Waals surface area (Å²) in [6.45, 7) is 4.93. The second-order valence-electron chi connectivity index (χ2n) is 5.16. The van der Waals surface area contributed by atoms with Crippen LogP contribution in [-0.4, -0.2) is 56.3 Å². The van der Waals surface area contributed by atoms with Gasteiger partial charge in [-0.15, -0.1) is 0 Å². The summed E-state index contributed by atoms with van der Waals surface area (Å²) in [5.74, 6) is 0.840. The zero-order valence-corrected chi connectivity index (χ0v) is 10.4. The van der Waals surface area contributed by atoms with Crippen molar-refractivity contribution < 1.29 is 13.5 Å². The van der Waals surface area contributed by atoms with E-state index in [2.05, 4.69) is 17.1 Å². The van der Waals surface area contributed by atoms with Crippen LogP contribution in [0.15, 0.2) is 0 Å². The van der Waals surface area contributed by atoms with Crippen molar-refractivity contribution in [3.8, 4) is 0 Å². The van der Waals surface area contributed by atoms with Crippen LogP contribution in [0, 0.1) is 5.92 Å². The van der Waals surface area contributed by atoms with E-state index in [4.69, 9.17) is 4.74 Å². The average Bonchev–Trinajstić information content (AvgIpc) is 3.10. The van der Waals surface area contributed by atoms with Crippen LogP contribution in [0.3, 0.4) is 0 Å². The molecule has 2 aliphatic rings. The molecular formula is C12H22F2N2O. The Balaban J connectivity index is 1.66.